The van der Waals surface area contributed by atoms with E-state index in [0.717, 1.165) is 43.7 Å². The summed E-state index contributed by atoms with van der Waals surface area (Å²) in [6, 6.07) is -0.378. The molecule has 2 amide bonds. The molecule has 0 aliphatic carbocycles. The van der Waals surface area contributed by atoms with Gasteiger partial charge in [0.15, 0.2) is 0 Å². The third kappa shape index (κ3) is 10.8. The number of hydrogen-bond acceptors (Lipinski definition) is 7. The zero-order chi connectivity index (χ0) is 24.5. The van der Waals surface area contributed by atoms with Crippen LogP contribution < -0.4 is 5.32 Å². The summed E-state index contributed by atoms with van der Waals surface area (Å²) in [7, 11) is 0. The zero-order valence-corrected chi connectivity index (χ0v) is 20.3. The van der Waals surface area contributed by atoms with E-state index in [1.165, 1.54) is 0 Å². The highest BCUT2D eigenvalue weighted by Gasteiger charge is 2.30. The van der Waals surface area contributed by atoms with E-state index in [1.807, 2.05) is 4.90 Å². The van der Waals surface area contributed by atoms with E-state index in [-0.39, 0.29) is 12.6 Å². The molecule has 0 bridgehead atoms. The molecule has 1 heterocycles. The first-order chi connectivity index (χ1) is 14.7. The van der Waals surface area contributed by atoms with Crippen LogP contribution in [0.5, 0.6) is 0 Å². The number of likely N-dealkylation sites (tertiary alicyclic amines) is 1. The van der Waals surface area contributed by atoms with Crippen molar-refractivity contribution in [2.45, 2.75) is 97.3 Å². The smallest absolute Gasteiger partial charge is 0.417 e. The summed E-state index contributed by atoms with van der Waals surface area (Å²) in [5, 5.41) is 19.7. The van der Waals surface area contributed by atoms with Crippen LogP contribution >= 0.6 is 0 Å². The van der Waals surface area contributed by atoms with Crippen molar-refractivity contribution in [3.05, 3.63) is 0 Å². The summed E-state index contributed by atoms with van der Waals surface area (Å²) < 4.78 is 10.5. The average Bonchev–Trinajstić information content (AvgIpc) is 3.06. The van der Waals surface area contributed by atoms with E-state index in [2.05, 4.69) is 5.32 Å². The molecule has 0 radical (unpaired) electrons. The van der Waals surface area contributed by atoms with E-state index in [0.29, 0.717) is 12.8 Å². The standard InChI is InChI=1S/C22H40N4O6/c1-21(2,3)31-19(29)24-18(23)26(20(30)32-22(4,5)6)15-10-8-7-9-13-25-14-11-12-16(25)17(27)28/h16H,7-15H2,1-6H3,(H,27,28)(H2,23,24,29)/t16-/m1/s1. The highest BCUT2D eigenvalue weighted by Crippen LogP contribution is 2.18. The number of alkyl carbamates (subject to hydrolysis) is 1. The molecule has 32 heavy (non-hydrogen) atoms. The summed E-state index contributed by atoms with van der Waals surface area (Å²) in [5.41, 5.74) is -1.46. The van der Waals surface area contributed by atoms with Crippen molar-refractivity contribution in [3.8, 4) is 0 Å². The van der Waals surface area contributed by atoms with E-state index < -0.39 is 35.3 Å². The normalized spacial score (nSPS) is 17.0. The summed E-state index contributed by atoms with van der Waals surface area (Å²) in [6.07, 6.45) is 3.24. The second kappa shape index (κ2) is 12.0. The molecule has 1 fully saturated rings. The largest absolute Gasteiger partial charge is 0.480 e. The Morgan fingerprint density at radius 2 is 1.62 bits per heavy atom. The third-order valence-electron chi connectivity index (χ3n) is 4.73. The summed E-state index contributed by atoms with van der Waals surface area (Å²) in [6.45, 7) is 12.1. The number of nitrogens with one attached hydrogen (secondary N) is 2. The van der Waals surface area contributed by atoms with Gasteiger partial charge >= 0.3 is 18.2 Å². The minimum Gasteiger partial charge on any atom is -0.480 e. The van der Waals surface area contributed by atoms with Crippen LogP contribution in [0, 0.1) is 5.41 Å². The highest BCUT2D eigenvalue weighted by atomic mass is 16.6. The maximum absolute atomic E-state index is 12.6. The Balaban J connectivity index is 2.53. The maximum atomic E-state index is 12.6. The van der Waals surface area contributed by atoms with Gasteiger partial charge in [-0.05, 0) is 80.3 Å². The number of ether oxygens (including phenoxy) is 2. The molecule has 1 aliphatic rings. The monoisotopic (exact) mass is 456 g/mol. The number of nitrogens with zero attached hydrogens (tertiary/aromatic N) is 2. The van der Waals surface area contributed by atoms with Crippen LogP contribution in [0.1, 0.15) is 80.1 Å². The number of aliphatic carboxylic acids is 1. The number of rotatable bonds is 8. The molecule has 1 atom stereocenters. The number of carbonyl (C=O) groups excluding carboxylic acids is 2. The Bertz CT molecular complexity index is 668. The summed E-state index contributed by atoms with van der Waals surface area (Å²) >= 11 is 0. The van der Waals surface area contributed by atoms with Gasteiger partial charge in [-0.3, -0.25) is 20.4 Å². The molecule has 0 aromatic rings. The van der Waals surface area contributed by atoms with Crippen LogP contribution in [-0.2, 0) is 14.3 Å². The molecule has 1 rings (SSSR count). The van der Waals surface area contributed by atoms with Gasteiger partial charge in [0.1, 0.15) is 17.2 Å². The van der Waals surface area contributed by atoms with E-state index in [9.17, 15) is 19.5 Å². The molecule has 10 nitrogen and oxygen atoms in total. The number of hydrogen-bond donors (Lipinski definition) is 3. The maximum Gasteiger partial charge on any atom is 0.417 e. The molecule has 0 unspecified atom stereocenters. The van der Waals surface area contributed by atoms with Crippen LogP contribution in [0.25, 0.3) is 0 Å². The number of carbonyl (C=O) groups is 3. The number of amides is 2. The lowest BCUT2D eigenvalue weighted by Crippen LogP contribution is -2.49. The van der Waals surface area contributed by atoms with Crippen LogP contribution in [0.3, 0.4) is 0 Å². The first kappa shape index (κ1) is 27.7. The molecule has 1 saturated heterocycles. The Hall–Kier alpha value is -2.36. The van der Waals surface area contributed by atoms with E-state index >= 15 is 0 Å². The molecule has 3 N–H and O–H groups in total. The van der Waals surface area contributed by atoms with Gasteiger partial charge in [0.25, 0.3) is 0 Å². The van der Waals surface area contributed by atoms with E-state index in [1.54, 1.807) is 41.5 Å². The van der Waals surface area contributed by atoms with Gasteiger partial charge in [-0.1, -0.05) is 12.8 Å². The molecule has 0 saturated carbocycles. The molecule has 184 valence electrons. The summed E-state index contributed by atoms with van der Waals surface area (Å²) in [4.78, 5) is 38.9. The lowest BCUT2D eigenvalue weighted by Gasteiger charge is -2.28. The number of unbranched alkanes of at least 4 members (excludes halogenated alkanes) is 3. The molecule has 1 aliphatic heterocycles. The second-order valence-corrected chi connectivity index (χ2v) is 10.1. The van der Waals surface area contributed by atoms with Crippen LogP contribution in [0.15, 0.2) is 0 Å². The van der Waals surface area contributed by atoms with Crippen LogP contribution in [0.2, 0.25) is 0 Å². The topological polar surface area (TPSA) is 132 Å². The first-order valence-corrected chi connectivity index (χ1v) is 11.3. The lowest BCUT2D eigenvalue weighted by atomic mass is 10.1. The summed E-state index contributed by atoms with van der Waals surface area (Å²) in [5.74, 6) is -1.15. The van der Waals surface area contributed by atoms with Gasteiger partial charge in [0.2, 0.25) is 5.96 Å². The molecular formula is C22H40N4O6. The fourth-order valence-electron chi connectivity index (χ4n) is 3.39. The zero-order valence-electron chi connectivity index (χ0n) is 20.3. The van der Waals surface area contributed by atoms with Crippen molar-refractivity contribution in [3.63, 3.8) is 0 Å². The Morgan fingerprint density at radius 1 is 1.03 bits per heavy atom. The first-order valence-electron chi connectivity index (χ1n) is 11.3. The molecule has 10 heteroatoms. The predicted octanol–water partition coefficient (Wildman–Crippen LogP) is 3.79. The molecular weight excluding hydrogens is 416 g/mol. The van der Waals surface area contributed by atoms with Gasteiger partial charge in [0.05, 0.1) is 0 Å². The predicted molar refractivity (Wildman–Crippen MR) is 121 cm³/mol. The molecule has 0 aromatic carbocycles. The van der Waals surface area contributed by atoms with Gasteiger partial charge in [-0.2, -0.15) is 0 Å². The van der Waals surface area contributed by atoms with Crippen LogP contribution in [-0.4, -0.2) is 75.9 Å². The van der Waals surface area contributed by atoms with Gasteiger partial charge < -0.3 is 14.6 Å². The number of guanidine groups is 1. The van der Waals surface area contributed by atoms with E-state index in [4.69, 9.17) is 14.9 Å². The van der Waals surface area contributed by atoms with Gasteiger partial charge in [0, 0.05) is 6.54 Å². The van der Waals surface area contributed by atoms with Crippen molar-refractivity contribution in [2.75, 3.05) is 19.6 Å². The third-order valence-corrected chi connectivity index (χ3v) is 4.73. The van der Waals surface area contributed by atoms with Crippen molar-refractivity contribution in [1.82, 2.24) is 15.1 Å². The Labute approximate surface area is 191 Å². The van der Waals surface area contributed by atoms with Gasteiger partial charge in [-0.15, -0.1) is 0 Å². The fourth-order valence-corrected chi connectivity index (χ4v) is 3.39. The molecule has 0 spiro atoms. The fraction of sp³-hybridized carbons (Fsp3) is 0.818. The lowest BCUT2D eigenvalue weighted by molar-refractivity contribution is -0.142. The quantitative estimate of drug-likeness (QED) is 0.287. The minimum atomic E-state index is -0.811. The van der Waals surface area contributed by atoms with Crippen molar-refractivity contribution >= 4 is 24.1 Å². The number of carboxylic acids is 1. The Kier molecular flexibility index (Phi) is 10.4. The number of carboxylic acid groups (broad SMARTS) is 1. The van der Waals surface area contributed by atoms with Crippen molar-refractivity contribution < 1.29 is 29.0 Å². The SMILES string of the molecule is CC(C)(C)OC(=O)NC(=N)N(CCCCCCN1CCC[C@@H]1C(=O)O)C(=O)OC(C)(C)C. The second-order valence-electron chi connectivity index (χ2n) is 10.1. The highest BCUT2D eigenvalue weighted by molar-refractivity contribution is 5.99. The van der Waals surface area contributed by atoms with Crippen LogP contribution in [0.4, 0.5) is 9.59 Å². The molecule has 0 aromatic heterocycles. The minimum absolute atomic E-state index is 0.213. The Morgan fingerprint density at radius 3 is 2.19 bits per heavy atom. The van der Waals surface area contributed by atoms with Crippen molar-refractivity contribution in [2.24, 2.45) is 0 Å². The van der Waals surface area contributed by atoms with Crippen molar-refractivity contribution in [1.29, 1.82) is 5.41 Å². The van der Waals surface area contributed by atoms with Gasteiger partial charge in [-0.25, -0.2) is 14.5 Å². The average molecular weight is 457 g/mol.